The number of hydrogen-bond acceptors (Lipinski definition) is 5. The molecule has 0 spiro atoms. The van der Waals surface area contributed by atoms with E-state index in [1.165, 1.54) is 0 Å². The van der Waals surface area contributed by atoms with Crippen molar-refractivity contribution < 1.29 is 14.2 Å². The Balaban J connectivity index is 3.02. The SMILES string of the molecule is CC#CCCNC(CN)c1cc(OC)c(OC)cc1OC. The summed E-state index contributed by atoms with van der Waals surface area (Å²) in [6.07, 6.45) is 0.780. The van der Waals surface area contributed by atoms with Crippen LogP contribution in [0, 0.1) is 11.8 Å². The molecule has 0 amide bonds. The van der Waals surface area contributed by atoms with Gasteiger partial charge in [-0.05, 0) is 13.0 Å². The topological polar surface area (TPSA) is 65.7 Å². The zero-order chi connectivity index (χ0) is 15.7. The minimum Gasteiger partial charge on any atom is -0.496 e. The Bertz CT molecular complexity index is 506. The molecule has 116 valence electrons. The summed E-state index contributed by atoms with van der Waals surface area (Å²) in [5, 5.41) is 3.38. The fraction of sp³-hybridized carbons (Fsp3) is 0.500. The molecular formula is C16H24N2O3. The Labute approximate surface area is 126 Å². The van der Waals surface area contributed by atoms with Crippen molar-refractivity contribution in [1.82, 2.24) is 5.32 Å². The third kappa shape index (κ3) is 4.55. The molecule has 3 N–H and O–H groups in total. The van der Waals surface area contributed by atoms with Gasteiger partial charge in [0.1, 0.15) is 5.75 Å². The van der Waals surface area contributed by atoms with E-state index >= 15 is 0 Å². The van der Waals surface area contributed by atoms with Crippen molar-refractivity contribution in [3.05, 3.63) is 17.7 Å². The summed E-state index contributed by atoms with van der Waals surface area (Å²) in [5.41, 5.74) is 6.83. The molecule has 1 rings (SSSR count). The second-order valence-electron chi connectivity index (χ2n) is 4.37. The standard InChI is InChI=1S/C16H24N2O3/c1-5-6-7-8-18-13(11-17)12-9-15(20-3)16(21-4)10-14(12)19-2/h9-10,13,18H,7-8,11,17H2,1-4H3. The monoisotopic (exact) mass is 292 g/mol. The van der Waals surface area contributed by atoms with Gasteiger partial charge in [-0.3, -0.25) is 0 Å². The molecule has 0 aromatic heterocycles. The predicted molar refractivity (Wildman–Crippen MR) is 84.0 cm³/mol. The van der Waals surface area contributed by atoms with E-state index in [9.17, 15) is 0 Å². The molecule has 21 heavy (non-hydrogen) atoms. The average Bonchev–Trinajstić information content (AvgIpc) is 2.53. The second-order valence-corrected chi connectivity index (χ2v) is 4.37. The summed E-state index contributed by atoms with van der Waals surface area (Å²) in [4.78, 5) is 0. The molecule has 5 nitrogen and oxygen atoms in total. The first-order valence-corrected chi connectivity index (χ1v) is 6.84. The molecular weight excluding hydrogens is 268 g/mol. The summed E-state index contributed by atoms with van der Waals surface area (Å²) in [7, 11) is 4.83. The molecule has 1 aromatic rings. The summed E-state index contributed by atoms with van der Waals surface area (Å²) in [6, 6.07) is 3.68. The maximum atomic E-state index is 5.88. The van der Waals surface area contributed by atoms with Gasteiger partial charge < -0.3 is 25.3 Å². The van der Waals surface area contributed by atoms with Crippen LogP contribution in [0.4, 0.5) is 0 Å². The van der Waals surface area contributed by atoms with Gasteiger partial charge in [-0.1, -0.05) is 0 Å². The molecule has 1 atom stereocenters. The highest BCUT2D eigenvalue weighted by Crippen LogP contribution is 2.37. The predicted octanol–water partition coefficient (Wildman–Crippen LogP) is 1.72. The number of nitrogens with one attached hydrogen (secondary N) is 1. The highest BCUT2D eigenvalue weighted by atomic mass is 16.5. The van der Waals surface area contributed by atoms with Crippen LogP contribution in [0.3, 0.4) is 0 Å². The van der Waals surface area contributed by atoms with Gasteiger partial charge in [0.25, 0.3) is 0 Å². The van der Waals surface area contributed by atoms with E-state index in [0.717, 1.165) is 24.3 Å². The summed E-state index contributed by atoms with van der Waals surface area (Å²) in [6.45, 7) is 3.05. The quantitative estimate of drug-likeness (QED) is 0.564. The lowest BCUT2D eigenvalue weighted by Crippen LogP contribution is -2.29. The first-order chi connectivity index (χ1) is 10.2. The van der Waals surface area contributed by atoms with Crippen LogP contribution in [0.25, 0.3) is 0 Å². The molecule has 0 aliphatic carbocycles. The molecule has 1 unspecified atom stereocenters. The molecule has 0 bridgehead atoms. The van der Waals surface area contributed by atoms with Gasteiger partial charge in [0.2, 0.25) is 0 Å². The van der Waals surface area contributed by atoms with Gasteiger partial charge >= 0.3 is 0 Å². The van der Waals surface area contributed by atoms with Crippen molar-refractivity contribution in [2.45, 2.75) is 19.4 Å². The van der Waals surface area contributed by atoms with Crippen LogP contribution in [0.2, 0.25) is 0 Å². The number of hydrogen-bond donors (Lipinski definition) is 2. The molecule has 0 fully saturated rings. The van der Waals surface area contributed by atoms with E-state index < -0.39 is 0 Å². The molecule has 0 saturated carbocycles. The Kier molecular flexibility index (Phi) is 7.44. The molecule has 1 aromatic carbocycles. The van der Waals surface area contributed by atoms with Crippen molar-refractivity contribution in [3.63, 3.8) is 0 Å². The zero-order valence-electron chi connectivity index (χ0n) is 13.2. The van der Waals surface area contributed by atoms with Gasteiger partial charge in [0.05, 0.1) is 21.3 Å². The van der Waals surface area contributed by atoms with E-state index in [1.807, 2.05) is 19.1 Å². The summed E-state index contributed by atoms with van der Waals surface area (Å²) < 4.78 is 16.1. The lowest BCUT2D eigenvalue weighted by atomic mass is 10.0. The van der Waals surface area contributed by atoms with Crippen molar-refractivity contribution in [2.75, 3.05) is 34.4 Å². The van der Waals surface area contributed by atoms with Crippen LogP contribution < -0.4 is 25.3 Å². The van der Waals surface area contributed by atoms with Crippen LogP contribution in [0.15, 0.2) is 12.1 Å². The number of nitrogens with two attached hydrogens (primary N) is 1. The lowest BCUT2D eigenvalue weighted by molar-refractivity contribution is 0.345. The largest absolute Gasteiger partial charge is 0.496 e. The smallest absolute Gasteiger partial charge is 0.164 e. The molecule has 0 aliphatic rings. The third-order valence-corrected chi connectivity index (χ3v) is 3.16. The van der Waals surface area contributed by atoms with E-state index in [-0.39, 0.29) is 6.04 Å². The van der Waals surface area contributed by atoms with Crippen molar-refractivity contribution >= 4 is 0 Å². The van der Waals surface area contributed by atoms with Crippen LogP contribution in [0.1, 0.15) is 24.9 Å². The van der Waals surface area contributed by atoms with Crippen LogP contribution in [0.5, 0.6) is 17.2 Å². The van der Waals surface area contributed by atoms with Crippen LogP contribution in [-0.4, -0.2) is 34.4 Å². The maximum Gasteiger partial charge on any atom is 0.164 e. The minimum absolute atomic E-state index is 0.0292. The second kappa shape index (κ2) is 9.11. The highest BCUT2D eigenvalue weighted by molar-refractivity contribution is 5.52. The molecule has 0 aliphatic heterocycles. The van der Waals surface area contributed by atoms with Gasteiger partial charge in [-0.15, -0.1) is 11.8 Å². The van der Waals surface area contributed by atoms with Crippen LogP contribution in [-0.2, 0) is 0 Å². The van der Waals surface area contributed by atoms with E-state index in [4.69, 9.17) is 19.9 Å². The Hall–Kier alpha value is -1.90. The number of benzene rings is 1. The van der Waals surface area contributed by atoms with Crippen LogP contribution >= 0.6 is 0 Å². The summed E-state index contributed by atoms with van der Waals surface area (Å²) in [5.74, 6) is 7.90. The fourth-order valence-electron chi connectivity index (χ4n) is 2.08. The number of rotatable bonds is 8. The minimum atomic E-state index is -0.0292. The van der Waals surface area contributed by atoms with Gasteiger partial charge in [0, 0.05) is 37.2 Å². The summed E-state index contributed by atoms with van der Waals surface area (Å²) >= 11 is 0. The van der Waals surface area contributed by atoms with Gasteiger partial charge in [-0.2, -0.15) is 0 Å². The molecule has 0 saturated heterocycles. The van der Waals surface area contributed by atoms with E-state index in [0.29, 0.717) is 18.0 Å². The first-order valence-electron chi connectivity index (χ1n) is 6.84. The van der Waals surface area contributed by atoms with Gasteiger partial charge in [-0.25, -0.2) is 0 Å². The first kappa shape index (κ1) is 17.2. The molecule has 0 radical (unpaired) electrons. The van der Waals surface area contributed by atoms with Crippen molar-refractivity contribution in [2.24, 2.45) is 5.73 Å². The maximum absolute atomic E-state index is 5.88. The Morgan fingerprint density at radius 2 is 1.71 bits per heavy atom. The Morgan fingerprint density at radius 1 is 1.10 bits per heavy atom. The number of methoxy groups -OCH3 is 3. The van der Waals surface area contributed by atoms with Gasteiger partial charge in [0.15, 0.2) is 11.5 Å². The zero-order valence-corrected chi connectivity index (χ0v) is 13.2. The lowest BCUT2D eigenvalue weighted by Gasteiger charge is -2.21. The van der Waals surface area contributed by atoms with E-state index in [2.05, 4.69) is 17.2 Å². The average molecular weight is 292 g/mol. The molecule has 0 heterocycles. The normalized spacial score (nSPS) is 11.3. The van der Waals surface area contributed by atoms with Crippen molar-refractivity contribution in [3.8, 4) is 29.1 Å². The fourth-order valence-corrected chi connectivity index (χ4v) is 2.08. The molecule has 5 heteroatoms. The third-order valence-electron chi connectivity index (χ3n) is 3.16. The highest BCUT2D eigenvalue weighted by Gasteiger charge is 2.18. The van der Waals surface area contributed by atoms with Crippen molar-refractivity contribution in [1.29, 1.82) is 0 Å². The Morgan fingerprint density at radius 3 is 2.24 bits per heavy atom. The number of ether oxygens (including phenoxy) is 3. The van der Waals surface area contributed by atoms with E-state index in [1.54, 1.807) is 21.3 Å².